The minimum Gasteiger partial charge on any atom is -0.368 e. The number of rotatable bonds is 10. The lowest BCUT2D eigenvalue weighted by atomic mass is 9.94. The van der Waals surface area contributed by atoms with Crippen molar-refractivity contribution in [2.45, 2.75) is 71.9 Å². The second kappa shape index (κ2) is 8.12. The molecule has 0 aliphatic rings. The van der Waals surface area contributed by atoms with E-state index in [-0.39, 0.29) is 5.91 Å². The Labute approximate surface area is 127 Å². The molecule has 1 amide bonds. The quantitative estimate of drug-likeness (QED) is 0.639. The van der Waals surface area contributed by atoms with Crippen LogP contribution in [0.25, 0.3) is 0 Å². The van der Waals surface area contributed by atoms with Crippen molar-refractivity contribution in [1.82, 2.24) is 20.1 Å². The van der Waals surface area contributed by atoms with Gasteiger partial charge in [-0.3, -0.25) is 4.79 Å². The van der Waals surface area contributed by atoms with E-state index in [9.17, 15) is 4.79 Å². The van der Waals surface area contributed by atoms with Crippen LogP contribution in [0.1, 0.15) is 58.6 Å². The monoisotopic (exact) mass is 295 g/mol. The number of carbonyl (C=O) groups excluding carboxylic acids is 1. The lowest BCUT2D eigenvalue weighted by Gasteiger charge is -2.26. The average molecular weight is 295 g/mol. The van der Waals surface area contributed by atoms with E-state index in [1.807, 2.05) is 18.5 Å². The Kier molecular flexibility index (Phi) is 6.81. The van der Waals surface area contributed by atoms with E-state index in [0.717, 1.165) is 56.8 Å². The molecule has 1 heterocycles. The molecule has 1 unspecified atom stereocenters. The molecule has 1 aromatic heterocycles. The van der Waals surface area contributed by atoms with Crippen LogP contribution in [0.4, 0.5) is 0 Å². The van der Waals surface area contributed by atoms with Crippen molar-refractivity contribution < 1.29 is 4.79 Å². The molecule has 0 aliphatic carbocycles. The van der Waals surface area contributed by atoms with Crippen molar-refractivity contribution in [3.63, 3.8) is 0 Å². The summed E-state index contributed by atoms with van der Waals surface area (Å²) in [5.41, 5.74) is 4.88. The minimum absolute atomic E-state index is 0.285. The summed E-state index contributed by atoms with van der Waals surface area (Å²) < 4.78 is 1.99. The molecule has 21 heavy (non-hydrogen) atoms. The van der Waals surface area contributed by atoms with Gasteiger partial charge in [-0.2, -0.15) is 5.10 Å². The van der Waals surface area contributed by atoms with Gasteiger partial charge in [0.05, 0.1) is 5.54 Å². The zero-order chi connectivity index (χ0) is 15.9. The highest BCUT2D eigenvalue weighted by Gasteiger charge is 2.28. The second-order valence-electron chi connectivity index (χ2n) is 5.56. The molecule has 0 saturated heterocycles. The van der Waals surface area contributed by atoms with Crippen molar-refractivity contribution in [2.24, 2.45) is 5.73 Å². The molecule has 1 aromatic rings. The highest BCUT2D eigenvalue weighted by atomic mass is 16.1. The number of amides is 1. The van der Waals surface area contributed by atoms with E-state index in [2.05, 4.69) is 29.2 Å². The van der Waals surface area contributed by atoms with Gasteiger partial charge < -0.3 is 11.1 Å². The molecule has 0 bridgehead atoms. The van der Waals surface area contributed by atoms with Gasteiger partial charge in [0.15, 0.2) is 5.82 Å². The number of aryl methyl sites for hydroxylation is 3. The number of nitrogens with zero attached hydrogens (tertiary/aromatic N) is 3. The van der Waals surface area contributed by atoms with Crippen molar-refractivity contribution in [3.8, 4) is 0 Å². The van der Waals surface area contributed by atoms with E-state index in [1.165, 1.54) is 0 Å². The molecule has 0 fully saturated rings. The number of nitrogens with two attached hydrogens (primary N) is 1. The molecule has 0 spiro atoms. The second-order valence-corrected chi connectivity index (χ2v) is 5.56. The van der Waals surface area contributed by atoms with Gasteiger partial charge in [-0.1, -0.05) is 20.8 Å². The van der Waals surface area contributed by atoms with Gasteiger partial charge in [-0.15, -0.1) is 0 Å². The Morgan fingerprint density at radius 3 is 2.52 bits per heavy atom. The van der Waals surface area contributed by atoms with Crippen molar-refractivity contribution in [1.29, 1.82) is 0 Å². The zero-order valence-electron chi connectivity index (χ0n) is 13.8. The van der Waals surface area contributed by atoms with Crippen molar-refractivity contribution in [3.05, 3.63) is 11.6 Å². The molecule has 0 aromatic carbocycles. The first-order valence-corrected chi connectivity index (χ1v) is 7.94. The summed E-state index contributed by atoms with van der Waals surface area (Å²) in [7, 11) is 0. The Morgan fingerprint density at radius 1 is 1.29 bits per heavy atom. The predicted octanol–water partition coefficient (Wildman–Crippen LogP) is 1.43. The van der Waals surface area contributed by atoms with Crippen LogP contribution in [-0.2, 0) is 24.2 Å². The molecular weight excluding hydrogens is 266 g/mol. The van der Waals surface area contributed by atoms with Crippen LogP contribution in [0.2, 0.25) is 0 Å². The number of hydrogen-bond donors (Lipinski definition) is 2. The van der Waals surface area contributed by atoms with Gasteiger partial charge in [0.2, 0.25) is 5.91 Å². The number of primary amides is 1. The summed E-state index contributed by atoms with van der Waals surface area (Å²) in [6.45, 7) is 9.60. The Balaban J connectivity index is 2.50. The Morgan fingerprint density at radius 2 is 2.00 bits per heavy atom. The molecule has 1 atom stereocenters. The molecule has 0 aliphatic heterocycles. The Bertz CT molecular complexity index is 457. The van der Waals surface area contributed by atoms with Crippen molar-refractivity contribution in [2.75, 3.05) is 6.54 Å². The number of aromatic nitrogens is 3. The SMILES string of the molecule is CCNC(C)(CCCCn1nc(CC)nc1CC)C(N)=O. The Hall–Kier alpha value is -1.43. The molecular formula is C15H29N5O. The number of nitrogens with one attached hydrogen (secondary N) is 1. The first-order chi connectivity index (χ1) is 9.96. The van der Waals surface area contributed by atoms with Crippen LogP contribution in [0.3, 0.4) is 0 Å². The summed E-state index contributed by atoms with van der Waals surface area (Å²) in [4.78, 5) is 16.0. The maximum Gasteiger partial charge on any atom is 0.237 e. The van der Waals surface area contributed by atoms with Crippen molar-refractivity contribution >= 4 is 5.91 Å². The number of unbranched alkanes of at least 4 members (excludes halogenated alkanes) is 1. The first-order valence-electron chi connectivity index (χ1n) is 7.94. The van der Waals surface area contributed by atoms with Gasteiger partial charge in [-0.25, -0.2) is 9.67 Å². The lowest BCUT2D eigenvalue weighted by molar-refractivity contribution is -0.124. The minimum atomic E-state index is -0.612. The van der Waals surface area contributed by atoms with Gasteiger partial charge in [0.1, 0.15) is 5.82 Å². The molecule has 6 heteroatoms. The molecule has 120 valence electrons. The van der Waals surface area contributed by atoms with E-state index < -0.39 is 5.54 Å². The van der Waals surface area contributed by atoms with E-state index in [1.54, 1.807) is 0 Å². The number of likely N-dealkylation sites (N-methyl/N-ethyl adjacent to an activating group) is 1. The fourth-order valence-electron chi connectivity index (χ4n) is 2.45. The molecule has 6 nitrogen and oxygen atoms in total. The standard InChI is InChI=1S/C15H29N5O/c1-5-12-18-13(6-2)20(19-12)11-9-8-10-15(4,14(16)21)17-7-3/h17H,5-11H2,1-4H3,(H2,16,21). The topological polar surface area (TPSA) is 85.8 Å². The van der Waals surface area contributed by atoms with Gasteiger partial charge >= 0.3 is 0 Å². The van der Waals surface area contributed by atoms with Crippen LogP contribution in [0.15, 0.2) is 0 Å². The fourth-order valence-corrected chi connectivity index (χ4v) is 2.45. The largest absolute Gasteiger partial charge is 0.368 e. The smallest absolute Gasteiger partial charge is 0.237 e. The number of hydrogen-bond acceptors (Lipinski definition) is 4. The van der Waals surface area contributed by atoms with Crippen LogP contribution < -0.4 is 11.1 Å². The van der Waals surface area contributed by atoms with Crippen LogP contribution in [0.5, 0.6) is 0 Å². The van der Waals surface area contributed by atoms with Gasteiger partial charge in [0.25, 0.3) is 0 Å². The summed E-state index contributed by atoms with van der Waals surface area (Å²) in [5.74, 6) is 1.66. The molecule has 0 saturated carbocycles. The average Bonchev–Trinajstić information content (AvgIpc) is 2.86. The summed E-state index contributed by atoms with van der Waals surface area (Å²) in [5, 5.41) is 7.69. The molecule has 1 rings (SSSR count). The first kappa shape index (κ1) is 17.6. The zero-order valence-corrected chi connectivity index (χ0v) is 13.8. The third-order valence-corrected chi connectivity index (χ3v) is 3.83. The van der Waals surface area contributed by atoms with Gasteiger partial charge in [-0.05, 0) is 32.7 Å². The van der Waals surface area contributed by atoms with E-state index in [0.29, 0.717) is 0 Å². The fraction of sp³-hybridized carbons (Fsp3) is 0.800. The summed E-state index contributed by atoms with van der Waals surface area (Å²) in [6.07, 6.45) is 4.39. The third kappa shape index (κ3) is 4.81. The number of carbonyl (C=O) groups is 1. The summed E-state index contributed by atoms with van der Waals surface area (Å²) >= 11 is 0. The molecule has 0 radical (unpaired) electrons. The van der Waals surface area contributed by atoms with Gasteiger partial charge in [0, 0.05) is 19.4 Å². The van der Waals surface area contributed by atoms with Crippen LogP contribution in [-0.4, -0.2) is 32.8 Å². The highest BCUT2D eigenvalue weighted by molar-refractivity contribution is 5.84. The normalized spacial score (nSPS) is 14.1. The van der Waals surface area contributed by atoms with Crippen LogP contribution >= 0.6 is 0 Å². The lowest BCUT2D eigenvalue weighted by Crippen LogP contribution is -2.52. The third-order valence-electron chi connectivity index (χ3n) is 3.83. The maximum atomic E-state index is 11.6. The van der Waals surface area contributed by atoms with Crippen LogP contribution in [0, 0.1) is 0 Å². The van der Waals surface area contributed by atoms with E-state index >= 15 is 0 Å². The highest BCUT2D eigenvalue weighted by Crippen LogP contribution is 2.14. The summed E-state index contributed by atoms with van der Waals surface area (Å²) in [6, 6.07) is 0. The molecule has 3 N–H and O–H groups in total. The maximum absolute atomic E-state index is 11.6. The van der Waals surface area contributed by atoms with E-state index in [4.69, 9.17) is 5.73 Å². The predicted molar refractivity (Wildman–Crippen MR) is 83.9 cm³/mol.